The summed E-state index contributed by atoms with van der Waals surface area (Å²) < 4.78 is 0. The minimum absolute atomic E-state index is 0.0323. The summed E-state index contributed by atoms with van der Waals surface area (Å²) in [6, 6.07) is 12.7. The zero-order valence-electron chi connectivity index (χ0n) is 12.0. The van der Waals surface area contributed by atoms with Gasteiger partial charge in [-0.1, -0.05) is 17.7 Å². The monoisotopic (exact) mass is 300 g/mol. The molecule has 22 heavy (non-hydrogen) atoms. The summed E-state index contributed by atoms with van der Waals surface area (Å²) in [5, 5.41) is 23.2. The van der Waals surface area contributed by atoms with Crippen molar-refractivity contribution in [2.24, 2.45) is 0 Å². The summed E-state index contributed by atoms with van der Waals surface area (Å²) in [6.45, 7) is 1.92. The Labute approximate surface area is 127 Å². The number of nitro benzene ring substituents is 1. The molecule has 0 bridgehead atoms. The van der Waals surface area contributed by atoms with Crippen LogP contribution < -0.4 is 5.32 Å². The summed E-state index contributed by atoms with van der Waals surface area (Å²) in [6.07, 6.45) is -0.922. The van der Waals surface area contributed by atoms with Crippen LogP contribution >= 0.6 is 0 Å². The molecule has 2 rings (SSSR count). The average molecular weight is 300 g/mol. The predicted molar refractivity (Wildman–Crippen MR) is 81.6 cm³/mol. The third kappa shape index (κ3) is 3.89. The Morgan fingerprint density at radius 3 is 2.55 bits per heavy atom. The number of carbonyl (C=O) groups is 1. The van der Waals surface area contributed by atoms with Crippen LogP contribution in [0.1, 0.15) is 27.6 Å². The molecule has 1 atom stereocenters. The van der Waals surface area contributed by atoms with Crippen molar-refractivity contribution in [1.82, 2.24) is 5.32 Å². The average Bonchev–Trinajstić information content (AvgIpc) is 2.52. The maximum absolute atomic E-state index is 12.0. The number of aryl methyl sites for hydroxylation is 1. The topological polar surface area (TPSA) is 92.5 Å². The lowest BCUT2D eigenvalue weighted by atomic mass is 10.1. The van der Waals surface area contributed by atoms with E-state index in [0.29, 0.717) is 11.1 Å². The van der Waals surface area contributed by atoms with Crippen LogP contribution in [0.5, 0.6) is 0 Å². The third-order valence-electron chi connectivity index (χ3n) is 3.22. The molecule has 0 fully saturated rings. The number of hydrogen-bond donors (Lipinski definition) is 2. The van der Waals surface area contributed by atoms with Gasteiger partial charge in [0, 0.05) is 24.2 Å². The number of rotatable bonds is 5. The zero-order chi connectivity index (χ0) is 16.1. The van der Waals surface area contributed by atoms with Crippen molar-refractivity contribution in [1.29, 1.82) is 0 Å². The van der Waals surface area contributed by atoms with Crippen LogP contribution in [0.4, 0.5) is 5.69 Å². The Bertz CT molecular complexity index is 683. The molecular weight excluding hydrogens is 284 g/mol. The summed E-state index contributed by atoms with van der Waals surface area (Å²) >= 11 is 0. The van der Waals surface area contributed by atoms with Gasteiger partial charge in [0.05, 0.1) is 11.0 Å². The molecule has 0 aromatic heterocycles. The van der Waals surface area contributed by atoms with E-state index in [0.717, 1.165) is 5.56 Å². The van der Waals surface area contributed by atoms with E-state index in [1.807, 2.05) is 13.0 Å². The van der Waals surface area contributed by atoms with Gasteiger partial charge in [0.1, 0.15) is 0 Å². The van der Waals surface area contributed by atoms with Crippen LogP contribution in [0, 0.1) is 17.0 Å². The molecule has 0 aliphatic rings. The zero-order valence-corrected chi connectivity index (χ0v) is 12.0. The summed E-state index contributed by atoms with van der Waals surface area (Å²) in [5.74, 6) is -0.273. The van der Waals surface area contributed by atoms with Crippen LogP contribution in [-0.2, 0) is 0 Å². The molecule has 0 spiro atoms. The Kier molecular flexibility index (Phi) is 4.85. The number of carbonyl (C=O) groups excluding carboxylic acids is 1. The van der Waals surface area contributed by atoms with E-state index in [-0.39, 0.29) is 18.1 Å². The van der Waals surface area contributed by atoms with Gasteiger partial charge in [-0.25, -0.2) is 0 Å². The molecule has 0 aliphatic heterocycles. The molecule has 1 amide bonds. The number of hydrogen-bond acceptors (Lipinski definition) is 4. The highest BCUT2D eigenvalue weighted by atomic mass is 16.6. The van der Waals surface area contributed by atoms with Gasteiger partial charge in [0.25, 0.3) is 11.6 Å². The van der Waals surface area contributed by atoms with Gasteiger partial charge >= 0.3 is 0 Å². The second kappa shape index (κ2) is 6.82. The highest BCUT2D eigenvalue weighted by molar-refractivity contribution is 5.94. The molecule has 0 saturated heterocycles. The van der Waals surface area contributed by atoms with E-state index in [1.165, 1.54) is 24.3 Å². The van der Waals surface area contributed by atoms with Crippen molar-refractivity contribution >= 4 is 11.6 Å². The maximum atomic E-state index is 12.0. The number of nitrogens with one attached hydrogen (secondary N) is 1. The van der Waals surface area contributed by atoms with E-state index in [1.54, 1.807) is 18.2 Å². The van der Waals surface area contributed by atoms with Gasteiger partial charge in [-0.15, -0.1) is 0 Å². The summed E-state index contributed by atoms with van der Waals surface area (Å²) in [7, 11) is 0. The Morgan fingerprint density at radius 2 is 1.95 bits per heavy atom. The SMILES string of the molecule is Cc1cccc(C(=O)NCC(O)c2ccc([N+](=O)[O-])cc2)c1. The van der Waals surface area contributed by atoms with Gasteiger partial charge in [-0.3, -0.25) is 14.9 Å². The number of non-ortho nitro benzene ring substituents is 1. The molecule has 0 aliphatic carbocycles. The van der Waals surface area contributed by atoms with Crippen LogP contribution in [0.15, 0.2) is 48.5 Å². The normalized spacial score (nSPS) is 11.7. The predicted octanol–water partition coefficient (Wildman–Crippen LogP) is 2.37. The van der Waals surface area contributed by atoms with Crippen molar-refractivity contribution in [2.45, 2.75) is 13.0 Å². The molecule has 2 N–H and O–H groups in total. The quantitative estimate of drug-likeness (QED) is 0.655. The fourth-order valence-electron chi connectivity index (χ4n) is 2.01. The highest BCUT2D eigenvalue weighted by Crippen LogP contribution is 2.17. The number of benzene rings is 2. The second-order valence-electron chi connectivity index (χ2n) is 4.94. The number of aliphatic hydroxyl groups is 1. The molecule has 2 aromatic rings. The minimum Gasteiger partial charge on any atom is -0.387 e. The number of aliphatic hydroxyl groups excluding tert-OH is 1. The lowest BCUT2D eigenvalue weighted by molar-refractivity contribution is -0.384. The number of nitrogens with zero attached hydrogens (tertiary/aromatic N) is 1. The van der Waals surface area contributed by atoms with Gasteiger partial charge in [-0.2, -0.15) is 0 Å². The van der Waals surface area contributed by atoms with Crippen LogP contribution in [0.25, 0.3) is 0 Å². The maximum Gasteiger partial charge on any atom is 0.269 e. The molecule has 6 nitrogen and oxygen atoms in total. The standard InChI is InChI=1S/C16H16N2O4/c1-11-3-2-4-13(9-11)16(20)17-10-15(19)12-5-7-14(8-6-12)18(21)22/h2-9,15,19H,10H2,1H3,(H,17,20). The van der Waals surface area contributed by atoms with E-state index >= 15 is 0 Å². The Morgan fingerprint density at radius 1 is 1.27 bits per heavy atom. The van der Waals surface area contributed by atoms with Crippen molar-refractivity contribution in [3.8, 4) is 0 Å². The molecule has 6 heteroatoms. The van der Waals surface area contributed by atoms with Crippen molar-refractivity contribution < 1.29 is 14.8 Å². The lowest BCUT2D eigenvalue weighted by Crippen LogP contribution is -2.28. The first-order chi connectivity index (χ1) is 10.5. The molecular formula is C16H16N2O4. The molecule has 0 radical (unpaired) electrons. The van der Waals surface area contributed by atoms with Crippen molar-refractivity contribution in [3.05, 3.63) is 75.3 Å². The highest BCUT2D eigenvalue weighted by Gasteiger charge is 2.12. The molecule has 114 valence electrons. The minimum atomic E-state index is -0.922. The summed E-state index contributed by atoms with van der Waals surface area (Å²) in [4.78, 5) is 22.0. The van der Waals surface area contributed by atoms with Crippen LogP contribution in [0.2, 0.25) is 0 Å². The van der Waals surface area contributed by atoms with E-state index in [4.69, 9.17) is 0 Å². The Balaban J connectivity index is 1.96. The second-order valence-corrected chi connectivity index (χ2v) is 4.94. The van der Waals surface area contributed by atoms with Gasteiger partial charge in [0.2, 0.25) is 0 Å². The number of nitro groups is 1. The van der Waals surface area contributed by atoms with Gasteiger partial charge in [0.15, 0.2) is 0 Å². The fraction of sp³-hybridized carbons (Fsp3) is 0.188. The molecule has 2 aromatic carbocycles. The van der Waals surface area contributed by atoms with E-state index in [2.05, 4.69) is 5.32 Å². The van der Waals surface area contributed by atoms with Crippen LogP contribution in [-0.4, -0.2) is 22.5 Å². The van der Waals surface area contributed by atoms with Crippen molar-refractivity contribution in [3.63, 3.8) is 0 Å². The first kappa shape index (κ1) is 15.7. The molecule has 1 unspecified atom stereocenters. The smallest absolute Gasteiger partial charge is 0.269 e. The van der Waals surface area contributed by atoms with E-state index in [9.17, 15) is 20.0 Å². The van der Waals surface area contributed by atoms with Crippen LogP contribution in [0.3, 0.4) is 0 Å². The molecule has 0 heterocycles. The summed E-state index contributed by atoms with van der Waals surface area (Å²) in [5.41, 5.74) is 1.97. The van der Waals surface area contributed by atoms with E-state index < -0.39 is 11.0 Å². The fourth-order valence-corrected chi connectivity index (χ4v) is 2.01. The van der Waals surface area contributed by atoms with Gasteiger partial charge in [-0.05, 0) is 36.8 Å². The lowest BCUT2D eigenvalue weighted by Gasteiger charge is -2.12. The van der Waals surface area contributed by atoms with Crippen molar-refractivity contribution in [2.75, 3.05) is 6.54 Å². The number of amides is 1. The first-order valence-corrected chi connectivity index (χ1v) is 6.74. The third-order valence-corrected chi connectivity index (χ3v) is 3.22. The van der Waals surface area contributed by atoms with Gasteiger partial charge < -0.3 is 10.4 Å². The first-order valence-electron chi connectivity index (χ1n) is 6.74. The molecule has 0 saturated carbocycles. The Hall–Kier alpha value is -2.73. The largest absolute Gasteiger partial charge is 0.387 e.